The van der Waals surface area contributed by atoms with Crippen molar-refractivity contribution >= 4 is 17.6 Å². The Bertz CT molecular complexity index is 747. The molecule has 0 bridgehead atoms. The van der Waals surface area contributed by atoms with Gasteiger partial charge in [-0.3, -0.25) is 9.78 Å². The highest BCUT2D eigenvalue weighted by molar-refractivity contribution is 5.93. The number of anilines is 1. The van der Waals surface area contributed by atoms with E-state index in [1.165, 1.54) is 25.7 Å². The fourth-order valence-corrected chi connectivity index (χ4v) is 2.53. The molecule has 0 aliphatic carbocycles. The van der Waals surface area contributed by atoms with Gasteiger partial charge in [0.25, 0.3) is 5.91 Å². The minimum absolute atomic E-state index is 0.179. The Morgan fingerprint density at radius 2 is 1.84 bits per heavy atom. The highest BCUT2D eigenvalue weighted by Crippen LogP contribution is 2.20. The Labute approximate surface area is 144 Å². The molecule has 0 radical (unpaired) electrons. The van der Waals surface area contributed by atoms with Crippen LogP contribution in [0.3, 0.4) is 0 Å². The molecule has 25 heavy (non-hydrogen) atoms. The third kappa shape index (κ3) is 3.82. The second kappa shape index (κ2) is 7.56. The summed E-state index contributed by atoms with van der Waals surface area (Å²) in [5, 5.41) is 2.78. The Balaban J connectivity index is 1.57. The van der Waals surface area contributed by atoms with E-state index in [0.717, 1.165) is 0 Å². The van der Waals surface area contributed by atoms with Crippen LogP contribution in [0.25, 0.3) is 0 Å². The molecule has 1 fully saturated rings. The van der Waals surface area contributed by atoms with Gasteiger partial charge in [0.2, 0.25) is 5.88 Å². The quantitative estimate of drug-likeness (QED) is 0.888. The summed E-state index contributed by atoms with van der Waals surface area (Å²) in [6.07, 6.45) is 6.03. The van der Waals surface area contributed by atoms with Crippen molar-refractivity contribution in [2.45, 2.75) is 0 Å². The van der Waals surface area contributed by atoms with Crippen molar-refractivity contribution in [3.63, 3.8) is 0 Å². The number of nitrogens with zero attached hydrogens (tertiary/aromatic N) is 5. The van der Waals surface area contributed by atoms with E-state index in [9.17, 15) is 9.59 Å². The molecular formula is C16H18N6O3. The molecule has 0 unspecified atom stereocenters. The number of ether oxygens (including phenoxy) is 1. The number of amides is 3. The number of piperazine rings is 1. The van der Waals surface area contributed by atoms with Crippen LogP contribution in [0.15, 0.2) is 36.9 Å². The SMILES string of the molecule is COc1ncccc1NC(=O)N1CCN(C(=O)c2cnccn2)CC1. The van der Waals surface area contributed by atoms with Crippen LogP contribution in [0.1, 0.15) is 10.5 Å². The lowest BCUT2D eigenvalue weighted by Crippen LogP contribution is -2.51. The van der Waals surface area contributed by atoms with Crippen molar-refractivity contribution in [3.8, 4) is 5.88 Å². The number of hydrogen-bond acceptors (Lipinski definition) is 6. The van der Waals surface area contributed by atoms with Gasteiger partial charge >= 0.3 is 6.03 Å². The average Bonchev–Trinajstić information content (AvgIpc) is 2.68. The Morgan fingerprint density at radius 3 is 2.52 bits per heavy atom. The van der Waals surface area contributed by atoms with Crippen LogP contribution in [0.4, 0.5) is 10.5 Å². The van der Waals surface area contributed by atoms with Crippen LogP contribution in [-0.2, 0) is 0 Å². The van der Waals surface area contributed by atoms with Crippen molar-refractivity contribution < 1.29 is 14.3 Å². The fourth-order valence-electron chi connectivity index (χ4n) is 2.53. The number of rotatable bonds is 3. The number of carbonyl (C=O) groups is 2. The van der Waals surface area contributed by atoms with E-state index in [1.54, 1.807) is 28.1 Å². The number of nitrogens with one attached hydrogen (secondary N) is 1. The van der Waals surface area contributed by atoms with Gasteiger partial charge in [0.05, 0.1) is 13.3 Å². The van der Waals surface area contributed by atoms with Crippen molar-refractivity contribution in [2.75, 3.05) is 38.6 Å². The summed E-state index contributed by atoms with van der Waals surface area (Å²) in [5.41, 5.74) is 0.813. The van der Waals surface area contributed by atoms with Gasteiger partial charge in [-0.2, -0.15) is 0 Å². The average molecular weight is 342 g/mol. The molecule has 9 heteroatoms. The lowest BCUT2D eigenvalue weighted by atomic mass is 10.3. The highest BCUT2D eigenvalue weighted by Gasteiger charge is 2.26. The summed E-state index contributed by atoms with van der Waals surface area (Å²) in [7, 11) is 1.49. The normalized spacial score (nSPS) is 14.1. The van der Waals surface area contributed by atoms with E-state index in [2.05, 4.69) is 20.3 Å². The molecule has 0 aromatic carbocycles. The third-order valence-corrected chi connectivity index (χ3v) is 3.84. The molecular weight excluding hydrogens is 324 g/mol. The molecule has 2 aromatic rings. The lowest BCUT2D eigenvalue weighted by molar-refractivity contribution is 0.0665. The van der Waals surface area contributed by atoms with E-state index in [0.29, 0.717) is 43.4 Å². The van der Waals surface area contributed by atoms with Gasteiger partial charge in [-0.1, -0.05) is 0 Å². The molecule has 130 valence electrons. The summed E-state index contributed by atoms with van der Waals surface area (Å²) in [6, 6.07) is 3.19. The first-order valence-corrected chi connectivity index (χ1v) is 7.79. The van der Waals surface area contributed by atoms with E-state index in [4.69, 9.17) is 4.74 Å². The predicted molar refractivity (Wildman–Crippen MR) is 89.3 cm³/mol. The van der Waals surface area contributed by atoms with Crippen molar-refractivity contribution in [1.29, 1.82) is 0 Å². The molecule has 0 saturated carbocycles. The predicted octanol–water partition coefficient (Wildman–Crippen LogP) is 0.870. The molecule has 1 saturated heterocycles. The topological polar surface area (TPSA) is 101 Å². The highest BCUT2D eigenvalue weighted by atomic mass is 16.5. The number of aromatic nitrogens is 3. The molecule has 1 aliphatic heterocycles. The number of carbonyl (C=O) groups excluding carboxylic acids is 2. The lowest BCUT2D eigenvalue weighted by Gasteiger charge is -2.34. The first-order valence-electron chi connectivity index (χ1n) is 7.79. The van der Waals surface area contributed by atoms with Crippen LogP contribution < -0.4 is 10.1 Å². The molecule has 1 aliphatic rings. The first-order chi connectivity index (χ1) is 12.2. The van der Waals surface area contributed by atoms with Crippen molar-refractivity contribution in [3.05, 3.63) is 42.6 Å². The monoisotopic (exact) mass is 342 g/mol. The molecule has 3 heterocycles. The van der Waals surface area contributed by atoms with E-state index >= 15 is 0 Å². The summed E-state index contributed by atoms with van der Waals surface area (Å²) in [6.45, 7) is 1.74. The van der Waals surface area contributed by atoms with E-state index in [-0.39, 0.29) is 11.9 Å². The third-order valence-electron chi connectivity index (χ3n) is 3.84. The zero-order valence-electron chi connectivity index (χ0n) is 13.8. The molecule has 3 amide bonds. The van der Waals surface area contributed by atoms with Gasteiger partial charge < -0.3 is 19.9 Å². The number of methoxy groups -OCH3 is 1. The molecule has 0 spiro atoms. The second-order valence-corrected chi connectivity index (χ2v) is 5.36. The summed E-state index contributed by atoms with van der Waals surface area (Å²) in [5.74, 6) is 0.175. The van der Waals surface area contributed by atoms with Crippen LogP contribution >= 0.6 is 0 Å². The number of pyridine rings is 1. The Morgan fingerprint density at radius 1 is 1.08 bits per heavy atom. The maximum absolute atomic E-state index is 12.4. The van der Waals surface area contributed by atoms with Gasteiger partial charge in [-0.25, -0.2) is 14.8 Å². The first kappa shape index (κ1) is 16.6. The van der Waals surface area contributed by atoms with Crippen molar-refractivity contribution in [1.82, 2.24) is 24.8 Å². The van der Waals surface area contributed by atoms with Crippen LogP contribution in [0.2, 0.25) is 0 Å². The Hall–Kier alpha value is -3.23. The molecule has 0 atom stereocenters. The van der Waals surface area contributed by atoms with Crippen LogP contribution in [0, 0.1) is 0 Å². The van der Waals surface area contributed by atoms with E-state index < -0.39 is 0 Å². The standard InChI is InChI=1S/C16H18N6O3/c1-25-14-12(3-2-4-19-14)20-16(24)22-9-7-21(8-10-22)15(23)13-11-17-5-6-18-13/h2-6,11H,7-10H2,1H3,(H,20,24). The van der Waals surface area contributed by atoms with Gasteiger partial charge in [0, 0.05) is 44.8 Å². The van der Waals surface area contributed by atoms with Gasteiger partial charge in [-0.15, -0.1) is 0 Å². The van der Waals surface area contributed by atoms with Gasteiger partial charge in [-0.05, 0) is 12.1 Å². The summed E-state index contributed by atoms with van der Waals surface area (Å²) in [4.78, 5) is 40.0. The number of hydrogen-bond donors (Lipinski definition) is 1. The molecule has 1 N–H and O–H groups in total. The fraction of sp³-hybridized carbons (Fsp3) is 0.312. The second-order valence-electron chi connectivity index (χ2n) is 5.36. The minimum atomic E-state index is -0.252. The Kier molecular flexibility index (Phi) is 5.03. The van der Waals surface area contributed by atoms with Crippen LogP contribution in [0.5, 0.6) is 5.88 Å². The van der Waals surface area contributed by atoms with Gasteiger partial charge in [0.1, 0.15) is 11.4 Å². The van der Waals surface area contributed by atoms with Crippen LogP contribution in [-0.4, -0.2) is 70.0 Å². The largest absolute Gasteiger partial charge is 0.480 e. The zero-order chi connectivity index (χ0) is 17.6. The van der Waals surface area contributed by atoms with E-state index in [1.807, 2.05) is 0 Å². The zero-order valence-corrected chi connectivity index (χ0v) is 13.8. The summed E-state index contributed by atoms with van der Waals surface area (Å²) < 4.78 is 5.12. The maximum Gasteiger partial charge on any atom is 0.322 e. The smallest absolute Gasteiger partial charge is 0.322 e. The number of urea groups is 1. The minimum Gasteiger partial charge on any atom is -0.480 e. The maximum atomic E-state index is 12.4. The van der Waals surface area contributed by atoms with Gasteiger partial charge in [0.15, 0.2) is 0 Å². The molecule has 2 aromatic heterocycles. The molecule has 3 rings (SSSR count). The molecule has 9 nitrogen and oxygen atoms in total. The summed E-state index contributed by atoms with van der Waals surface area (Å²) >= 11 is 0. The van der Waals surface area contributed by atoms with Crippen molar-refractivity contribution in [2.24, 2.45) is 0 Å².